The van der Waals surface area contributed by atoms with Crippen molar-refractivity contribution in [3.8, 4) is 5.75 Å². The maximum atomic E-state index is 12.4. The van der Waals surface area contributed by atoms with Gasteiger partial charge < -0.3 is 19.7 Å². The lowest BCUT2D eigenvalue weighted by atomic mass is 10.1. The van der Waals surface area contributed by atoms with Crippen molar-refractivity contribution >= 4 is 17.4 Å². The van der Waals surface area contributed by atoms with Gasteiger partial charge in [-0.25, -0.2) is 9.98 Å². The third-order valence-corrected chi connectivity index (χ3v) is 6.61. The quantitative estimate of drug-likeness (QED) is 0.180. The van der Waals surface area contributed by atoms with Crippen LogP contribution in [0.3, 0.4) is 0 Å². The summed E-state index contributed by atoms with van der Waals surface area (Å²) in [7, 11) is 1.48. The number of ether oxygens (including phenoxy) is 2. The Labute approximate surface area is 232 Å². The molecule has 0 aliphatic carbocycles. The number of piperidine rings is 1. The summed E-state index contributed by atoms with van der Waals surface area (Å²) in [6.45, 7) is 10.8. The second kappa shape index (κ2) is 13.5. The second-order valence-electron chi connectivity index (χ2n) is 9.70. The Morgan fingerprint density at radius 1 is 1.10 bits per heavy atom. The number of methoxy groups -OCH3 is 1. The number of rotatable bonds is 11. The zero-order valence-electron chi connectivity index (χ0n) is 22.9. The smallest absolute Gasteiger partial charge is 0.479 e. The molecule has 2 aromatic heterocycles. The third kappa shape index (κ3) is 8.57. The van der Waals surface area contributed by atoms with Crippen LogP contribution in [0.5, 0.6) is 5.75 Å². The van der Waals surface area contributed by atoms with Crippen LogP contribution < -0.4 is 10.1 Å². The Bertz CT molecular complexity index is 1280. The first-order chi connectivity index (χ1) is 19.2. The van der Waals surface area contributed by atoms with Crippen LogP contribution in [-0.2, 0) is 11.3 Å². The lowest BCUT2D eigenvalue weighted by molar-refractivity contribution is -0.274. The Balaban J connectivity index is 1.33. The highest BCUT2D eigenvalue weighted by Crippen LogP contribution is 2.25. The number of aryl methyl sites for hydroxylation is 1. The summed E-state index contributed by atoms with van der Waals surface area (Å²) in [4.78, 5) is 11.5. The molecule has 40 heavy (non-hydrogen) atoms. The number of anilines is 1. The van der Waals surface area contributed by atoms with Crippen molar-refractivity contribution in [1.82, 2.24) is 19.7 Å². The van der Waals surface area contributed by atoms with Gasteiger partial charge in [-0.05, 0) is 93.3 Å². The second-order valence-corrected chi connectivity index (χ2v) is 9.70. The van der Waals surface area contributed by atoms with Crippen LogP contribution in [0.1, 0.15) is 48.2 Å². The number of nitrogens with one attached hydrogen (secondary N) is 1. The van der Waals surface area contributed by atoms with E-state index in [1.165, 1.54) is 63.7 Å². The molecule has 0 radical (unpaired) electrons. The lowest BCUT2D eigenvalue weighted by Gasteiger charge is -2.26. The average Bonchev–Trinajstić information content (AvgIpc) is 3.30. The van der Waals surface area contributed by atoms with Gasteiger partial charge in [-0.3, -0.25) is 4.68 Å². The van der Waals surface area contributed by atoms with Gasteiger partial charge in [0, 0.05) is 18.4 Å². The first-order valence-corrected chi connectivity index (χ1v) is 13.3. The van der Waals surface area contributed by atoms with E-state index >= 15 is 0 Å². The predicted octanol–water partition coefficient (Wildman–Crippen LogP) is 5.89. The standard InChI is InChI=1S/C29H35F3N6O2/c1-21-18-26(28(39-3)35-22(2)24-9-11-25(12-10-24)40-29(30,31)32)36-38(21)20-23-8-13-27(34-19-23)33-14-7-17-37-15-5-4-6-16-37/h8-13,18-19H,2,4-7,14-17,20H2,1,3H3,(H,33,34). The fourth-order valence-electron chi connectivity index (χ4n) is 4.52. The summed E-state index contributed by atoms with van der Waals surface area (Å²) in [5.41, 5.74) is 3.24. The molecule has 0 atom stereocenters. The molecule has 8 nitrogen and oxygen atoms in total. The largest absolute Gasteiger partial charge is 0.573 e. The van der Waals surface area contributed by atoms with Gasteiger partial charge >= 0.3 is 6.36 Å². The number of hydrogen-bond donors (Lipinski definition) is 1. The number of nitrogens with zero attached hydrogens (tertiary/aromatic N) is 5. The van der Waals surface area contributed by atoms with Gasteiger partial charge in [0.05, 0.1) is 19.4 Å². The van der Waals surface area contributed by atoms with Gasteiger partial charge in [0.1, 0.15) is 17.3 Å². The minimum absolute atomic E-state index is 0.240. The van der Waals surface area contributed by atoms with Gasteiger partial charge in [-0.2, -0.15) is 5.10 Å². The summed E-state index contributed by atoms with van der Waals surface area (Å²) in [5, 5.41) is 8.03. The van der Waals surface area contributed by atoms with Gasteiger partial charge in [-0.15, -0.1) is 13.2 Å². The predicted molar refractivity (Wildman–Crippen MR) is 149 cm³/mol. The summed E-state index contributed by atoms with van der Waals surface area (Å²) >= 11 is 0. The van der Waals surface area contributed by atoms with Crippen molar-refractivity contribution in [2.24, 2.45) is 4.99 Å². The molecule has 0 bridgehead atoms. The van der Waals surface area contributed by atoms with E-state index in [1.54, 1.807) is 0 Å². The molecule has 1 N–H and O–H groups in total. The van der Waals surface area contributed by atoms with E-state index < -0.39 is 6.36 Å². The van der Waals surface area contributed by atoms with Crippen molar-refractivity contribution in [2.75, 3.05) is 38.6 Å². The number of likely N-dealkylation sites (tertiary alicyclic amines) is 1. The SMILES string of the molecule is C=C(N=C(OC)c1cc(C)n(Cc2ccc(NCCCN3CCCCC3)nc2)n1)c1ccc(OC(F)(F)F)cc1. The van der Waals surface area contributed by atoms with Gasteiger partial charge in [0.25, 0.3) is 0 Å². The Morgan fingerprint density at radius 3 is 2.50 bits per heavy atom. The molecular formula is C29H35F3N6O2. The Hall–Kier alpha value is -3.86. The monoisotopic (exact) mass is 556 g/mol. The summed E-state index contributed by atoms with van der Waals surface area (Å²) in [6, 6.07) is 11.2. The lowest BCUT2D eigenvalue weighted by Crippen LogP contribution is -2.31. The molecule has 0 spiro atoms. The highest BCUT2D eigenvalue weighted by Gasteiger charge is 2.31. The maximum Gasteiger partial charge on any atom is 0.573 e. The Morgan fingerprint density at radius 2 is 1.85 bits per heavy atom. The van der Waals surface area contributed by atoms with Gasteiger partial charge in [0.2, 0.25) is 5.90 Å². The molecule has 1 aromatic carbocycles. The molecular weight excluding hydrogens is 521 g/mol. The molecule has 0 unspecified atom stereocenters. The van der Waals surface area contributed by atoms with Crippen LogP contribution in [0.25, 0.3) is 5.70 Å². The number of hydrogen-bond acceptors (Lipinski definition) is 7. The summed E-state index contributed by atoms with van der Waals surface area (Å²) in [6.07, 6.45) is 2.15. The zero-order chi connectivity index (χ0) is 28.5. The highest BCUT2D eigenvalue weighted by atomic mass is 19.4. The fourth-order valence-corrected chi connectivity index (χ4v) is 4.52. The number of halogens is 3. The highest BCUT2D eigenvalue weighted by molar-refractivity contribution is 5.95. The normalized spacial score (nSPS) is 14.7. The van der Waals surface area contributed by atoms with Crippen LogP contribution in [0.15, 0.2) is 60.2 Å². The van der Waals surface area contributed by atoms with E-state index in [0.29, 0.717) is 23.5 Å². The molecule has 3 heterocycles. The van der Waals surface area contributed by atoms with Crippen LogP contribution in [0.4, 0.5) is 19.0 Å². The maximum absolute atomic E-state index is 12.4. The Kier molecular flexibility index (Phi) is 9.81. The molecule has 1 aliphatic heterocycles. The van der Waals surface area contributed by atoms with Crippen molar-refractivity contribution in [1.29, 1.82) is 0 Å². The molecule has 3 aromatic rings. The molecule has 11 heteroatoms. The third-order valence-electron chi connectivity index (χ3n) is 6.61. The van der Waals surface area contributed by atoms with Crippen molar-refractivity contribution in [2.45, 2.75) is 45.5 Å². The van der Waals surface area contributed by atoms with Gasteiger partial charge in [0.15, 0.2) is 0 Å². The van der Waals surface area contributed by atoms with E-state index in [2.05, 4.69) is 36.6 Å². The van der Waals surface area contributed by atoms with E-state index in [4.69, 9.17) is 4.74 Å². The fraction of sp³-hybridized carbons (Fsp3) is 0.414. The van der Waals surface area contributed by atoms with E-state index in [0.717, 1.165) is 36.6 Å². The minimum atomic E-state index is -4.75. The molecule has 1 fully saturated rings. The first-order valence-electron chi connectivity index (χ1n) is 13.3. The van der Waals surface area contributed by atoms with Crippen molar-refractivity contribution in [3.05, 3.63) is 77.8 Å². The number of alkyl halides is 3. The number of pyridine rings is 1. The zero-order valence-corrected chi connectivity index (χ0v) is 22.9. The summed E-state index contributed by atoms with van der Waals surface area (Å²) in [5.74, 6) is 0.774. The molecule has 0 saturated carbocycles. The first kappa shape index (κ1) is 29.1. The number of benzene rings is 1. The van der Waals surface area contributed by atoms with Crippen LogP contribution in [0.2, 0.25) is 0 Å². The van der Waals surface area contributed by atoms with Crippen molar-refractivity contribution < 1.29 is 22.6 Å². The summed E-state index contributed by atoms with van der Waals surface area (Å²) < 4.78 is 48.4. The van der Waals surface area contributed by atoms with Crippen LogP contribution in [-0.4, -0.2) is 65.2 Å². The molecule has 0 amide bonds. The molecule has 214 valence electrons. The van der Waals surface area contributed by atoms with Gasteiger partial charge in [-0.1, -0.05) is 19.1 Å². The number of aliphatic imine (C=N–C) groups is 1. The average molecular weight is 557 g/mol. The number of aromatic nitrogens is 3. The molecule has 4 rings (SSSR count). The van der Waals surface area contributed by atoms with Crippen molar-refractivity contribution in [3.63, 3.8) is 0 Å². The van der Waals surface area contributed by atoms with E-state index in [9.17, 15) is 13.2 Å². The molecule has 1 aliphatic rings. The molecule has 1 saturated heterocycles. The van der Waals surface area contributed by atoms with E-state index in [-0.39, 0.29) is 11.6 Å². The van der Waals surface area contributed by atoms with Crippen LogP contribution >= 0.6 is 0 Å². The van der Waals surface area contributed by atoms with Crippen LogP contribution in [0, 0.1) is 6.92 Å². The minimum Gasteiger partial charge on any atom is -0.479 e. The topological polar surface area (TPSA) is 76.8 Å². The van der Waals surface area contributed by atoms with E-state index in [1.807, 2.05) is 36.0 Å².